The van der Waals surface area contributed by atoms with Crippen LogP contribution < -0.4 is 10.6 Å². The van der Waals surface area contributed by atoms with Crippen molar-refractivity contribution >= 4 is 29.1 Å². The van der Waals surface area contributed by atoms with Crippen molar-refractivity contribution in [3.63, 3.8) is 0 Å². The standard InChI is InChI=1S/C15H15ClN4O/c16-12-5-1-10(2-6-12)9-17-13-7-8-14(20-19-13)18-15(21)11-3-4-11/h1-2,5-8,11H,3-4,9H2,(H,17,19)(H,18,20,21). The van der Waals surface area contributed by atoms with Gasteiger partial charge < -0.3 is 10.6 Å². The summed E-state index contributed by atoms with van der Waals surface area (Å²) in [7, 11) is 0. The number of hydrogen-bond acceptors (Lipinski definition) is 4. The lowest BCUT2D eigenvalue weighted by Crippen LogP contribution is -2.15. The molecule has 0 unspecified atom stereocenters. The minimum absolute atomic E-state index is 0.0335. The fourth-order valence-electron chi connectivity index (χ4n) is 1.86. The summed E-state index contributed by atoms with van der Waals surface area (Å²) in [6.45, 7) is 0.639. The van der Waals surface area contributed by atoms with Crippen LogP contribution in [0.4, 0.5) is 11.6 Å². The van der Waals surface area contributed by atoms with E-state index < -0.39 is 0 Å². The number of halogens is 1. The predicted molar refractivity (Wildman–Crippen MR) is 82.2 cm³/mol. The van der Waals surface area contributed by atoms with Crippen molar-refractivity contribution in [3.8, 4) is 0 Å². The van der Waals surface area contributed by atoms with Crippen LogP contribution in [0.1, 0.15) is 18.4 Å². The lowest BCUT2D eigenvalue weighted by molar-refractivity contribution is -0.117. The Morgan fingerprint density at radius 1 is 1.10 bits per heavy atom. The van der Waals surface area contributed by atoms with Crippen LogP contribution in [0.2, 0.25) is 5.02 Å². The number of benzene rings is 1. The summed E-state index contributed by atoms with van der Waals surface area (Å²) in [5.74, 6) is 1.35. The molecule has 3 rings (SSSR count). The van der Waals surface area contributed by atoms with Gasteiger partial charge in [0.1, 0.15) is 5.82 Å². The first kappa shape index (κ1) is 13.8. The number of nitrogens with one attached hydrogen (secondary N) is 2. The van der Waals surface area contributed by atoms with Crippen LogP contribution >= 0.6 is 11.6 Å². The van der Waals surface area contributed by atoms with Crippen molar-refractivity contribution in [2.45, 2.75) is 19.4 Å². The fourth-order valence-corrected chi connectivity index (χ4v) is 1.99. The molecule has 1 heterocycles. The maximum absolute atomic E-state index is 11.6. The normalized spacial score (nSPS) is 13.8. The van der Waals surface area contributed by atoms with E-state index in [-0.39, 0.29) is 11.8 Å². The molecule has 0 radical (unpaired) electrons. The molecular formula is C15H15ClN4O. The Morgan fingerprint density at radius 3 is 2.38 bits per heavy atom. The number of carbonyl (C=O) groups is 1. The first-order chi connectivity index (χ1) is 10.2. The Hall–Kier alpha value is -2.14. The van der Waals surface area contributed by atoms with E-state index in [2.05, 4.69) is 20.8 Å². The van der Waals surface area contributed by atoms with Gasteiger partial charge in [0.05, 0.1) is 0 Å². The maximum Gasteiger partial charge on any atom is 0.228 e. The van der Waals surface area contributed by atoms with Gasteiger partial charge in [-0.2, -0.15) is 0 Å². The fraction of sp³-hybridized carbons (Fsp3) is 0.267. The number of nitrogens with zero attached hydrogens (tertiary/aromatic N) is 2. The first-order valence-electron chi connectivity index (χ1n) is 6.83. The van der Waals surface area contributed by atoms with Crippen LogP contribution in [0.3, 0.4) is 0 Å². The van der Waals surface area contributed by atoms with Gasteiger partial charge in [0, 0.05) is 17.5 Å². The second-order valence-corrected chi connectivity index (χ2v) is 5.48. The molecule has 0 saturated heterocycles. The molecule has 1 aromatic carbocycles. The maximum atomic E-state index is 11.6. The van der Waals surface area contributed by atoms with Crippen molar-refractivity contribution in [2.24, 2.45) is 5.92 Å². The van der Waals surface area contributed by atoms with Gasteiger partial charge in [0.25, 0.3) is 0 Å². The Balaban J connectivity index is 1.54. The topological polar surface area (TPSA) is 66.9 Å². The van der Waals surface area contributed by atoms with E-state index in [1.165, 1.54) is 0 Å². The van der Waals surface area contributed by atoms with E-state index in [0.717, 1.165) is 18.4 Å². The van der Waals surface area contributed by atoms with Crippen molar-refractivity contribution < 1.29 is 4.79 Å². The van der Waals surface area contributed by atoms with E-state index in [4.69, 9.17) is 11.6 Å². The molecule has 1 aliphatic carbocycles. The molecule has 6 heteroatoms. The number of anilines is 2. The summed E-state index contributed by atoms with van der Waals surface area (Å²) in [5.41, 5.74) is 1.10. The minimum atomic E-state index is 0.0335. The first-order valence-corrected chi connectivity index (χ1v) is 7.21. The van der Waals surface area contributed by atoms with Gasteiger partial charge in [0.2, 0.25) is 5.91 Å². The van der Waals surface area contributed by atoms with Crippen molar-refractivity contribution in [3.05, 3.63) is 47.0 Å². The molecule has 2 N–H and O–H groups in total. The Kier molecular flexibility index (Phi) is 4.01. The Labute approximate surface area is 127 Å². The molecule has 21 heavy (non-hydrogen) atoms. The highest BCUT2D eigenvalue weighted by Crippen LogP contribution is 2.29. The van der Waals surface area contributed by atoms with Crippen LogP contribution in [-0.2, 0) is 11.3 Å². The van der Waals surface area contributed by atoms with Gasteiger partial charge in [-0.15, -0.1) is 10.2 Å². The van der Waals surface area contributed by atoms with Gasteiger partial charge in [-0.3, -0.25) is 4.79 Å². The molecule has 0 bridgehead atoms. The van der Waals surface area contributed by atoms with Crippen LogP contribution in [0, 0.1) is 5.92 Å². The van der Waals surface area contributed by atoms with Gasteiger partial charge in [-0.1, -0.05) is 23.7 Å². The highest BCUT2D eigenvalue weighted by molar-refractivity contribution is 6.30. The molecule has 1 aromatic heterocycles. The zero-order valence-corrected chi connectivity index (χ0v) is 12.1. The summed E-state index contributed by atoms with van der Waals surface area (Å²) in [6.07, 6.45) is 1.94. The molecule has 0 aliphatic heterocycles. The summed E-state index contributed by atoms with van der Waals surface area (Å²) in [5, 5.41) is 14.7. The van der Waals surface area contributed by atoms with Gasteiger partial charge in [0.15, 0.2) is 5.82 Å². The van der Waals surface area contributed by atoms with Crippen LogP contribution in [0.25, 0.3) is 0 Å². The lowest BCUT2D eigenvalue weighted by atomic mass is 10.2. The van der Waals surface area contributed by atoms with Crippen molar-refractivity contribution in [1.29, 1.82) is 0 Å². The van der Waals surface area contributed by atoms with E-state index in [9.17, 15) is 4.79 Å². The van der Waals surface area contributed by atoms with Crippen LogP contribution in [0.15, 0.2) is 36.4 Å². The zero-order valence-electron chi connectivity index (χ0n) is 11.3. The molecular weight excluding hydrogens is 288 g/mol. The number of rotatable bonds is 5. The summed E-state index contributed by atoms with van der Waals surface area (Å²) in [4.78, 5) is 11.6. The van der Waals surface area contributed by atoms with Gasteiger partial charge >= 0.3 is 0 Å². The highest BCUT2D eigenvalue weighted by Gasteiger charge is 2.29. The van der Waals surface area contributed by atoms with E-state index in [1.807, 2.05) is 24.3 Å². The predicted octanol–water partition coefficient (Wildman–Crippen LogP) is 3.09. The third-order valence-corrected chi connectivity index (χ3v) is 3.50. The minimum Gasteiger partial charge on any atom is -0.365 e. The van der Waals surface area contributed by atoms with Gasteiger partial charge in [-0.05, 0) is 42.7 Å². The average molecular weight is 303 g/mol. The number of carbonyl (C=O) groups excluding carboxylic acids is 1. The second-order valence-electron chi connectivity index (χ2n) is 5.05. The molecule has 5 nitrogen and oxygen atoms in total. The summed E-state index contributed by atoms with van der Waals surface area (Å²) >= 11 is 5.84. The Bertz CT molecular complexity index is 623. The zero-order chi connectivity index (χ0) is 14.7. The third-order valence-electron chi connectivity index (χ3n) is 3.25. The molecule has 1 fully saturated rings. The van der Waals surface area contributed by atoms with E-state index in [0.29, 0.717) is 23.2 Å². The Morgan fingerprint density at radius 2 is 1.76 bits per heavy atom. The molecule has 0 atom stereocenters. The van der Waals surface area contributed by atoms with E-state index in [1.54, 1.807) is 12.1 Å². The van der Waals surface area contributed by atoms with Crippen molar-refractivity contribution in [2.75, 3.05) is 10.6 Å². The van der Waals surface area contributed by atoms with Crippen molar-refractivity contribution in [1.82, 2.24) is 10.2 Å². The van der Waals surface area contributed by atoms with Crippen LogP contribution in [-0.4, -0.2) is 16.1 Å². The third kappa shape index (κ3) is 3.92. The molecule has 0 spiro atoms. The summed E-state index contributed by atoms with van der Waals surface area (Å²) in [6, 6.07) is 11.1. The largest absolute Gasteiger partial charge is 0.365 e. The number of amides is 1. The molecule has 108 valence electrons. The smallest absolute Gasteiger partial charge is 0.228 e. The molecule has 1 aliphatic rings. The van der Waals surface area contributed by atoms with E-state index >= 15 is 0 Å². The number of hydrogen-bond donors (Lipinski definition) is 2. The molecule has 1 amide bonds. The quantitative estimate of drug-likeness (QED) is 0.890. The lowest BCUT2D eigenvalue weighted by Gasteiger charge is -2.06. The summed E-state index contributed by atoms with van der Waals surface area (Å²) < 4.78 is 0. The molecule has 1 saturated carbocycles. The molecule has 2 aromatic rings. The number of aromatic nitrogens is 2. The van der Waals surface area contributed by atoms with Gasteiger partial charge in [-0.25, -0.2) is 0 Å². The average Bonchev–Trinajstić information content (AvgIpc) is 3.33. The van der Waals surface area contributed by atoms with Crippen LogP contribution in [0.5, 0.6) is 0 Å². The SMILES string of the molecule is O=C(Nc1ccc(NCc2ccc(Cl)cc2)nn1)C1CC1. The monoisotopic (exact) mass is 302 g/mol. The second kappa shape index (κ2) is 6.10. The highest BCUT2D eigenvalue weighted by atomic mass is 35.5.